The lowest BCUT2D eigenvalue weighted by Gasteiger charge is -2.48. The van der Waals surface area contributed by atoms with Crippen LogP contribution in [0.2, 0.25) is 5.15 Å². The molecule has 0 aliphatic carbocycles. The van der Waals surface area contributed by atoms with E-state index < -0.39 is 11.9 Å². The van der Waals surface area contributed by atoms with Crippen molar-refractivity contribution in [3.63, 3.8) is 0 Å². The Kier molecular flexibility index (Phi) is 10.8. The monoisotopic (exact) mass is 598 g/mol. The highest BCUT2D eigenvalue weighted by molar-refractivity contribution is 6.32. The number of amides is 3. The number of aromatic nitrogens is 2. The lowest BCUT2D eigenvalue weighted by atomic mass is 9.95. The molecule has 0 spiro atoms. The van der Waals surface area contributed by atoms with Gasteiger partial charge in [-0.1, -0.05) is 30.7 Å². The van der Waals surface area contributed by atoms with Crippen molar-refractivity contribution in [1.82, 2.24) is 30.4 Å². The number of benzene rings is 1. The second-order valence-corrected chi connectivity index (χ2v) is 10.9. The summed E-state index contributed by atoms with van der Waals surface area (Å²) in [4.78, 5) is 39.0. The van der Waals surface area contributed by atoms with Gasteiger partial charge in [-0.25, -0.2) is 14.8 Å². The van der Waals surface area contributed by atoms with Gasteiger partial charge in [0, 0.05) is 57.9 Å². The number of urea groups is 1. The molecule has 4 rings (SSSR count). The zero-order valence-corrected chi connectivity index (χ0v) is 24.6. The molecular weight excluding hydrogens is 560 g/mol. The summed E-state index contributed by atoms with van der Waals surface area (Å²) in [7, 11) is 0. The SMILES string of the molecule is CC[C@H]1CN(c2nc(N)c(C(=O)NCCNC(N)=O)nc2Cl)CCN1C1CCN(C(CO)c2ccc(C#N)cc2)CC1. The van der Waals surface area contributed by atoms with Gasteiger partial charge in [-0.05, 0) is 37.0 Å². The fourth-order valence-electron chi connectivity index (χ4n) is 5.88. The number of aliphatic hydroxyl groups is 1. The molecule has 0 radical (unpaired) electrons. The number of likely N-dealkylation sites (tertiary alicyclic amines) is 1. The molecule has 2 aliphatic rings. The quantitative estimate of drug-likeness (QED) is 0.247. The van der Waals surface area contributed by atoms with Gasteiger partial charge in [0.15, 0.2) is 22.5 Å². The summed E-state index contributed by atoms with van der Waals surface area (Å²) < 4.78 is 0. The number of nitrogen functional groups attached to an aromatic ring is 1. The summed E-state index contributed by atoms with van der Waals surface area (Å²) in [5, 5.41) is 24.3. The molecule has 2 atom stereocenters. The van der Waals surface area contributed by atoms with E-state index in [4.69, 9.17) is 28.3 Å². The highest BCUT2D eigenvalue weighted by Gasteiger charge is 2.35. The number of nitrogens with one attached hydrogen (secondary N) is 2. The first-order valence-electron chi connectivity index (χ1n) is 14.3. The van der Waals surface area contributed by atoms with E-state index in [1.807, 2.05) is 12.1 Å². The number of carbonyl (C=O) groups is 2. The lowest BCUT2D eigenvalue weighted by molar-refractivity contribution is 0.0356. The molecule has 2 fully saturated rings. The Morgan fingerprint density at radius 3 is 2.45 bits per heavy atom. The maximum atomic E-state index is 12.5. The van der Waals surface area contributed by atoms with Gasteiger partial charge < -0.3 is 32.1 Å². The standard InChI is InChI=1S/C28H39ClN10O3/c1-2-20-16-38(26-24(29)35-23(25(31)36-26)27(41)33-9-10-34-28(32)42)13-14-39(20)21-7-11-37(12-8-21)22(17-40)19-5-3-18(15-30)4-6-19/h3-6,20-22,40H,2,7-14,16-17H2,1H3,(H2,31,36)(H,33,41)(H3,32,34,42)/t20-,22?/m0/s1. The van der Waals surface area contributed by atoms with Crippen LogP contribution in [0, 0.1) is 11.3 Å². The van der Waals surface area contributed by atoms with E-state index >= 15 is 0 Å². The third-order valence-electron chi connectivity index (χ3n) is 8.09. The number of rotatable bonds is 10. The van der Waals surface area contributed by atoms with Gasteiger partial charge in [-0.2, -0.15) is 5.26 Å². The van der Waals surface area contributed by atoms with Gasteiger partial charge in [0.25, 0.3) is 5.91 Å². The van der Waals surface area contributed by atoms with Gasteiger partial charge >= 0.3 is 6.03 Å². The number of piperazine rings is 1. The van der Waals surface area contributed by atoms with Crippen LogP contribution in [0.5, 0.6) is 0 Å². The number of halogens is 1. The van der Waals surface area contributed by atoms with Crippen LogP contribution in [-0.2, 0) is 0 Å². The third-order valence-corrected chi connectivity index (χ3v) is 8.35. The smallest absolute Gasteiger partial charge is 0.312 e. The Balaban J connectivity index is 1.35. The van der Waals surface area contributed by atoms with E-state index in [1.54, 1.807) is 12.1 Å². The fourth-order valence-corrected chi connectivity index (χ4v) is 6.13. The number of anilines is 2. The molecule has 3 heterocycles. The minimum Gasteiger partial charge on any atom is -0.394 e. The van der Waals surface area contributed by atoms with Crippen molar-refractivity contribution in [1.29, 1.82) is 5.26 Å². The van der Waals surface area contributed by atoms with Crippen LogP contribution in [-0.4, -0.2) is 101 Å². The predicted octanol–water partition coefficient (Wildman–Crippen LogP) is 1.08. The Bertz CT molecular complexity index is 1280. The summed E-state index contributed by atoms with van der Waals surface area (Å²) in [6, 6.07) is 9.55. The Hall–Kier alpha value is -3.70. The van der Waals surface area contributed by atoms with Crippen LogP contribution in [0.3, 0.4) is 0 Å². The first kappa shape index (κ1) is 31.2. The van der Waals surface area contributed by atoms with Crippen molar-refractivity contribution in [2.75, 3.05) is 63.1 Å². The molecule has 1 unspecified atom stereocenters. The molecule has 7 N–H and O–H groups in total. The summed E-state index contributed by atoms with van der Waals surface area (Å²) in [6.07, 6.45) is 2.94. The van der Waals surface area contributed by atoms with Crippen molar-refractivity contribution in [3.05, 3.63) is 46.2 Å². The number of hydrogen-bond donors (Lipinski definition) is 5. The Morgan fingerprint density at radius 1 is 1.14 bits per heavy atom. The molecule has 2 aliphatic heterocycles. The van der Waals surface area contributed by atoms with Crippen LogP contribution < -0.4 is 27.0 Å². The maximum absolute atomic E-state index is 12.5. The van der Waals surface area contributed by atoms with E-state index in [2.05, 4.69) is 48.3 Å². The van der Waals surface area contributed by atoms with Crippen LogP contribution in [0.4, 0.5) is 16.4 Å². The number of nitrogens with zero attached hydrogens (tertiary/aromatic N) is 6. The molecule has 226 valence electrons. The highest BCUT2D eigenvalue weighted by Crippen LogP contribution is 2.31. The normalized spacial score (nSPS) is 19.2. The highest BCUT2D eigenvalue weighted by atomic mass is 35.5. The number of hydrogen-bond acceptors (Lipinski definition) is 10. The average Bonchev–Trinajstić information content (AvgIpc) is 3.00. The number of piperidine rings is 1. The molecule has 1 aromatic carbocycles. The second kappa shape index (κ2) is 14.5. The lowest BCUT2D eigenvalue weighted by Crippen LogP contribution is -2.58. The molecule has 14 heteroatoms. The topological polar surface area (TPSA) is 190 Å². The van der Waals surface area contributed by atoms with E-state index in [9.17, 15) is 14.7 Å². The van der Waals surface area contributed by atoms with E-state index in [0.29, 0.717) is 30.5 Å². The first-order chi connectivity index (χ1) is 20.2. The Morgan fingerprint density at radius 2 is 1.83 bits per heavy atom. The molecule has 0 saturated carbocycles. The molecule has 13 nitrogen and oxygen atoms in total. The zero-order chi connectivity index (χ0) is 30.2. The van der Waals surface area contributed by atoms with Crippen LogP contribution in [0.1, 0.15) is 53.8 Å². The molecule has 42 heavy (non-hydrogen) atoms. The average molecular weight is 599 g/mol. The number of primary amides is 1. The van der Waals surface area contributed by atoms with E-state index in [-0.39, 0.29) is 48.4 Å². The Labute approximate surface area is 250 Å². The molecule has 0 bridgehead atoms. The summed E-state index contributed by atoms with van der Waals surface area (Å²) in [5.41, 5.74) is 12.7. The van der Waals surface area contributed by atoms with Crippen LogP contribution >= 0.6 is 11.6 Å². The molecular formula is C28H39ClN10O3. The van der Waals surface area contributed by atoms with E-state index in [0.717, 1.165) is 44.5 Å². The summed E-state index contributed by atoms with van der Waals surface area (Å²) in [5.74, 6) is -0.0921. The molecule has 2 aromatic rings. The van der Waals surface area contributed by atoms with Crippen molar-refractivity contribution in [3.8, 4) is 6.07 Å². The van der Waals surface area contributed by atoms with Crippen molar-refractivity contribution < 1.29 is 14.7 Å². The minimum atomic E-state index is -0.679. The van der Waals surface area contributed by atoms with Gasteiger partial charge in [-0.15, -0.1) is 0 Å². The number of carbonyl (C=O) groups excluding carboxylic acids is 2. The van der Waals surface area contributed by atoms with E-state index in [1.165, 1.54) is 0 Å². The van der Waals surface area contributed by atoms with Gasteiger partial charge in [0.05, 0.1) is 24.3 Å². The van der Waals surface area contributed by atoms with Crippen LogP contribution in [0.25, 0.3) is 0 Å². The second-order valence-electron chi connectivity index (χ2n) is 10.6. The van der Waals surface area contributed by atoms with Crippen molar-refractivity contribution in [2.45, 2.75) is 44.3 Å². The van der Waals surface area contributed by atoms with Crippen molar-refractivity contribution in [2.24, 2.45) is 5.73 Å². The largest absolute Gasteiger partial charge is 0.394 e. The van der Waals surface area contributed by atoms with Gasteiger partial charge in [0.1, 0.15) is 0 Å². The molecule has 1 aromatic heterocycles. The van der Waals surface area contributed by atoms with Crippen LogP contribution in [0.15, 0.2) is 24.3 Å². The maximum Gasteiger partial charge on any atom is 0.312 e. The minimum absolute atomic E-state index is 0.0155. The number of nitriles is 1. The van der Waals surface area contributed by atoms with Gasteiger partial charge in [-0.3, -0.25) is 14.6 Å². The predicted molar refractivity (Wildman–Crippen MR) is 160 cm³/mol. The summed E-state index contributed by atoms with van der Waals surface area (Å²) in [6.45, 7) is 6.51. The fraction of sp³-hybridized carbons (Fsp3) is 0.536. The zero-order valence-electron chi connectivity index (χ0n) is 23.8. The first-order valence-corrected chi connectivity index (χ1v) is 14.6. The molecule has 3 amide bonds. The van der Waals surface area contributed by atoms with Crippen molar-refractivity contribution >= 4 is 35.2 Å². The third kappa shape index (κ3) is 7.38. The summed E-state index contributed by atoms with van der Waals surface area (Å²) >= 11 is 6.50. The number of aliphatic hydroxyl groups excluding tert-OH is 1. The van der Waals surface area contributed by atoms with Gasteiger partial charge in [0.2, 0.25) is 0 Å². The number of nitrogens with two attached hydrogens (primary N) is 2. The molecule has 2 saturated heterocycles.